The van der Waals surface area contributed by atoms with E-state index in [4.69, 9.17) is 16.0 Å². The zero-order valence-electron chi connectivity index (χ0n) is 16.7. The van der Waals surface area contributed by atoms with Crippen molar-refractivity contribution in [2.45, 2.75) is 26.4 Å². The van der Waals surface area contributed by atoms with Crippen LogP contribution in [0.1, 0.15) is 19.6 Å². The number of anilines is 1. The molecule has 1 saturated heterocycles. The zero-order valence-corrected chi connectivity index (χ0v) is 17.5. The van der Waals surface area contributed by atoms with Crippen LogP contribution < -0.4 is 15.5 Å². The molecule has 0 spiro atoms. The van der Waals surface area contributed by atoms with Gasteiger partial charge in [0, 0.05) is 36.9 Å². The number of carbonyl (C=O) groups is 2. The normalized spacial score (nSPS) is 15.3. The molecule has 3 amide bonds. The van der Waals surface area contributed by atoms with Gasteiger partial charge in [-0.3, -0.25) is 4.79 Å². The molecule has 1 aromatic carbocycles. The number of hydrogen-bond acceptors (Lipinski definition) is 4. The quantitative estimate of drug-likeness (QED) is 0.755. The van der Waals surface area contributed by atoms with Crippen LogP contribution >= 0.6 is 11.6 Å². The van der Waals surface area contributed by atoms with E-state index in [0.717, 1.165) is 18.8 Å². The number of benzene rings is 1. The summed E-state index contributed by atoms with van der Waals surface area (Å²) in [7, 11) is 0. The van der Waals surface area contributed by atoms with E-state index in [1.807, 2.05) is 38.1 Å². The van der Waals surface area contributed by atoms with Crippen molar-refractivity contribution >= 4 is 29.2 Å². The van der Waals surface area contributed by atoms with Gasteiger partial charge < -0.3 is 24.9 Å². The Labute approximate surface area is 176 Å². The number of furan rings is 1. The number of halogens is 1. The highest BCUT2D eigenvalue weighted by molar-refractivity contribution is 6.30. The van der Waals surface area contributed by atoms with Crippen molar-refractivity contribution in [2.24, 2.45) is 5.92 Å². The molecule has 1 aliphatic heterocycles. The first-order chi connectivity index (χ1) is 13.9. The van der Waals surface area contributed by atoms with Gasteiger partial charge in [-0.25, -0.2) is 4.79 Å². The molecular weight excluding hydrogens is 392 g/mol. The number of amides is 3. The van der Waals surface area contributed by atoms with Crippen LogP contribution in [0.4, 0.5) is 10.5 Å². The van der Waals surface area contributed by atoms with Crippen LogP contribution in [0.15, 0.2) is 47.1 Å². The predicted molar refractivity (Wildman–Crippen MR) is 113 cm³/mol. The minimum Gasteiger partial charge on any atom is -0.467 e. The first kappa shape index (κ1) is 21.0. The number of urea groups is 1. The van der Waals surface area contributed by atoms with Gasteiger partial charge in [-0.05, 0) is 42.3 Å². The van der Waals surface area contributed by atoms with Crippen molar-refractivity contribution in [3.8, 4) is 0 Å². The lowest BCUT2D eigenvalue weighted by atomic mass is 10.0. The third-order valence-corrected chi connectivity index (χ3v) is 5.26. The molecule has 29 heavy (non-hydrogen) atoms. The van der Waals surface area contributed by atoms with Crippen LogP contribution in [-0.2, 0) is 11.3 Å². The summed E-state index contributed by atoms with van der Waals surface area (Å²) in [5.41, 5.74) is 1.09. The van der Waals surface area contributed by atoms with Gasteiger partial charge in [0.2, 0.25) is 5.91 Å². The lowest BCUT2D eigenvalue weighted by Crippen LogP contribution is -2.57. The average molecular weight is 419 g/mol. The first-order valence-electron chi connectivity index (χ1n) is 9.80. The molecule has 1 atom stereocenters. The highest BCUT2D eigenvalue weighted by atomic mass is 35.5. The van der Waals surface area contributed by atoms with Crippen LogP contribution in [0.5, 0.6) is 0 Å². The standard InChI is InChI=1S/C21H27ClN4O3/c1-15(2)19(20(27)23-14-18-4-3-13-29-18)24-21(28)26-11-9-25(10-12-26)17-7-5-16(22)6-8-17/h3-8,13,15,19H,9-12,14H2,1-2H3,(H,23,27)(H,24,28)/t19-/m0/s1. The second-order valence-corrected chi connectivity index (χ2v) is 7.86. The molecule has 0 bridgehead atoms. The van der Waals surface area contributed by atoms with E-state index >= 15 is 0 Å². The minimum atomic E-state index is -0.605. The summed E-state index contributed by atoms with van der Waals surface area (Å²) >= 11 is 5.95. The Morgan fingerprint density at radius 3 is 2.38 bits per heavy atom. The molecule has 1 fully saturated rings. The molecule has 2 heterocycles. The second kappa shape index (κ2) is 9.69. The molecule has 1 aromatic heterocycles. The zero-order chi connectivity index (χ0) is 20.8. The number of rotatable bonds is 6. The molecule has 0 aliphatic carbocycles. The highest BCUT2D eigenvalue weighted by Crippen LogP contribution is 2.19. The molecule has 3 rings (SSSR count). The maximum absolute atomic E-state index is 12.7. The molecule has 0 radical (unpaired) electrons. The summed E-state index contributed by atoms with van der Waals surface area (Å²) in [5, 5.41) is 6.41. The molecule has 0 saturated carbocycles. The number of nitrogens with zero attached hydrogens (tertiary/aromatic N) is 2. The Morgan fingerprint density at radius 2 is 1.79 bits per heavy atom. The first-order valence-corrected chi connectivity index (χ1v) is 10.2. The highest BCUT2D eigenvalue weighted by Gasteiger charge is 2.28. The Bertz CT molecular complexity index is 800. The van der Waals surface area contributed by atoms with Crippen LogP contribution in [0.2, 0.25) is 5.02 Å². The van der Waals surface area contributed by atoms with E-state index in [1.165, 1.54) is 0 Å². The van der Waals surface area contributed by atoms with Crippen LogP contribution in [-0.4, -0.2) is 49.1 Å². The number of piperazine rings is 1. The summed E-state index contributed by atoms with van der Waals surface area (Å²) in [4.78, 5) is 29.2. The molecule has 0 unspecified atom stereocenters. The lowest BCUT2D eigenvalue weighted by Gasteiger charge is -2.37. The third-order valence-electron chi connectivity index (χ3n) is 5.00. The van der Waals surface area contributed by atoms with Gasteiger partial charge in [0.05, 0.1) is 12.8 Å². The van der Waals surface area contributed by atoms with E-state index in [-0.39, 0.29) is 17.9 Å². The minimum absolute atomic E-state index is 0.0362. The Kier molecular flexibility index (Phi) is 7.04. The smallest absolute Gasteiger partial charge is 0.318 e. The SMILES string of the molecule is CC(C)[C@H](NC(=O)N1CCN(c2ccc(Cl)cc2)CC1)C(=O)NCc1ccco1. The van der Waals surface area contributed by atoms with Gasteiger partial charge in [-0.15, -0.1) is 0 Å². The average Bonchev–Trinajstić information content (AvgIpc) is 3.24. The topological polar surface area (TPSA) is 77.8 Å². The van der Waals surface area contributed by atoms with Crippen LogP contribution in [0.3, 0.4) is 0 Å². The van der Waals surface area contributed by atoms with Gasteiger partial charge in [0.1, 0.15) is 11.8 Å². The molecule has 2 N–H and O–H groups in total. The van der Waals surface area contributed by atoms with E-state index < -0.39 is 6.04 Å². The van der Waals surface area contributed by atoms with Gasteiger partial charge >= 0.3 is 6.03 Å². The fraction of sp³-hybridized carbons (Fsp3) is 0.429. The third kappa shape index (κ3) is 5.67. The number of carbonyl (C=O) groups excluding carboxylic acids is 2. The lowest BCUT2D eigenvalue weighted by molar-refractivity contribution is -0.124. The van der Waals surface area contributed by atoms with Crippen LogP contribution in [0, 0.1) is 5.92 Å². The van der Waals surface area contributed by atoms with Gasteiger partial charge in [-0.2, -0.15) is 0 Å². The molecule has 156 valence electrons. The molecular formula is C21H27ClN4O3. The van der Waals surface area contributed by atoms with E-state index in [1.54, 1.807) is 23.3 Å². The largest absolute Gasteiger partial charge is 0.467 e. The van der Waals surface area contributed by atoms with Gasteiger partial charge in [0.15, 0.2) is 0 Å². The number of nitrogens with one attached hydrogen (secondary N) is 2. The van der Waals surface area contributed by atoms with E-state index in [2.05, 4.69) is 15.5 Å². The summed E-state index contributed by atoms with van der Waals surface area (Å²) in [6, 6.07) is 10.4. The Balaban J connectivity index is 1.51. The van der Waals surface area contributed by atoms with E-state index in [9.17, 15) is 9.59 Å². The fourth-order valence-electron chi connectivity index (χ4n) is 3.28. The number of hydrogen-bond donors (Lipinski definition) is 2. The second-order valence-electron chi connectivity index (χ2n) is 7.42. The van der Waals surface area contributed by atoms with Crippen LogP contribution in [0.25, 0.3) is 0 Å². The fourth-order valence-corrected chi connectivity index (χ4v) is 3.40. The van der Waals surface area contributed by atoms with Crippen molar-refractivity contribution in [1.29, 1.82) is 0 Å². The van der Waals surface area contributed by atoms with Crippen molar-refractivity contribution < 1.29 is 14.0 Å². The summed E-state index contributed by atoms with van der Waals surface area (Å²) in [6.07, 6.45) is 1.56. The monoisotopic (exact) mass is 418 g/mol. The van der Waals surface area contributed by atoms with Crippen molar-refractivity contribution in [1.82, 2.24) is 15.5 Å². The van der Waals surface area contributed by atoms with Crippen molar-refractivity contribution in [2.75, 3.05) is 31.1 Å². The van der Waals surface area contributed by atoms with Crippen molar-refractivity contribution in [3.63, 3.8) is 0 Å². The molecule has 1 aliphatic rings. The summed E-state index contributed by atoms with van der Waals surface area (Å²) in [6.45, 7) is 6.76. The Hall–Kier alpha value is -2.67. The summed E-state index contributed by atoms with van der Waals surface area (Å²) < 4.78 is 5.23. The predicted octanol–water partition coefficient (Wildman–Crippen LogP) is 3.11. The molecule has 7 nitrogen and oxygen atoms in total. The summed E-state index contributed by atoms with van der Waals surface area (Å²) in [5.74, 6) is 0.418. The maximum atomic E-state index is 12.7. The maximum Gasteiger partial charge on any atom is 0.318 e. The van der Waals surface area contributed by atoms with Gasteiger partial charge in [0.25, 0.3) is 0 Å². The van der Waals surface area contributed by atoms with Crippen molar-refractivity contribution in [3.05, 3.63) is 53.4 Å². The molecule has 2 aromatic rings. The van der Waals surface area contributed by atoms with Gasteiger partial charge in [-0.1, -0.05) is 25.4 Å². The van der Waals surface area contributed by atoms with E-state index in [0.29, 0.717) is 30.4 Å². The molecule has 8 heteroatoms. The Morgan fingerprint density at radius 1 is 1.10 bits per heavy atom.